The summed E-state index contributed by atoms with van der Waals surface area (Å²) in [5.41, 5.74) is 6.39. The first-order valence-electron chi connectivity index (χ1n) is 6.11. The average molecular weight is 288 g/mol. The van der Waals surface area contributed by atoms with Gasteiger partial charge in [0.25, 0.3) is 5.91 Å². The van der Waals surface area contributed by atoms with E-state index in [1.54, 1.807) is 6.92 Å². The molecule has 0 aliphatic carbocycles. The lowest BCUT2D eigenvalue weighted by molar-refractivity contribution is -0.120. The predicted molar refractivity (Wildman–Crippen MR) is 72.6 cm³/mol. The Hall–Kier alpha value is -2.83. The van der Waals surface area contributed by atoms with E-state index in [2.05, 4.69) is 15.3 Å². The standard InChI is InChI=1S/C14H13FN4O2/c1-8-6-18-11(7-17-8)14(21)19-12(13(16)20)9-2-4-10(15)5-3-9/h2-7,12H,1H3,(H2,16,20)(H,19,21). The van der Waals surface area contributed by atoms with Crippen molar-refractivity contribution in [1.29, 1.82) is 0 Å². The van der Waals surface area contributed by atoms with E-state index in [1.807, 2.05) is 0 Å². The summed E-state index contributed by atoms with van der Waals surface area (Å²) < 4.78 is 12.9. The van der Waals surface area contributed by atoms with Gasteiger partial charge in [-0.1, -0.05) is 12.1 Å². The van der Waals surface area contributed by atoms with E-state index in [0.717, 1.165) is 0 Å². The van der Waals surface area contributed by atoms with Crippen molar-refractivity contribution in [3.63, 3.8) is 0 Å². The zero-order valence-electron chi connectivity index (χ0n) is 11.2. The maximum absolute atomic E-state index is 12.9. The van der Waals surface area contributed by atoms with Gasteiger partial charge < -0.3 is 11.1 Å². The van der Waals surface area contributed by atoms with Gasteiger partial charge in [0.2, 0.25) is 5.91 Å². The molecule has 1 heterocycles. The molecule has 3 N–H and O–H groups in total. The molecule has 1 atom stereocenters. The second-order valence-corrected chi connectivity index (χ2v) is 4.40. The SMILES string of the molecule is Cc1cnc(C(=O)NC(C(N)=O)c2ccc(F)cc2)cn1. The van der Waals surface area contributed by atoms with Gasteiger partial charge in [0.05, 0.1) is 11.9 Å². The summed E-state index contributed by atoms with van der Waals surface area (Å²) in [6.45, 7) is 1.74. The zero-order valence-corrected chi connectivity index (χ0v) is 11.2. The van der Waals surface area contributed by atoms with Crippen molar-refractivity contribution in [1.82, 2.24) is 15.3 Å². The Kier molecular flexibility index (Phi) is 4.22. The molecule has 0 aliphatic heterocycles. The third-order valence-corrected chi connectivity index (χ3v) is 2.78. The Balaban J connectivity index is 2.20. The topological polar surface area (TPSA) is 98.0 Å². The Morgan fingerprint density at radius 2 is 1.86 bits per heavy atom. The molecule has 0 fully saturated rings. The quantitative estimate of drug-likeness (QED) is 0.872. The van der Waals surface area contributed by atoms with E-state index in [4.69, 9.17) is 5.73 Å². The lowest BCUT2D eigenvalue weighted by Gasteiger charge is -2.15. The van der Waals surface area contributed by atoms with Gasteiger partial charge in [-0.3, -0.25) is 14.6 Å². The van der Waals surface area contributed by atoms with Crippen molar-refractivity contribution in [2.75, 3.05) is 0 Å². The van der Waals surface area contributed by atoms with Crippen LogP contribution in [0.3, 0.4) is 0 Å². The van der Waals surface area contributed by atoms with Crippen LogP contribution in [0.25, 0.3) is 0 Å². The highest BCUT2D eigenvalue weighted by Gasteiger charge is 2.21. The van der Waals surface area contributed by atoms with Crippen LogP contribution in [0.15, 0.2) is 36.7 Å². The van der Waals surface area contributed by atoms with Crippen LogP contribution in [-0.4, -0.2) is 21.8 Å². The van der Waals surface area contributed by atoms with Gasteiger partial charge in [0.15, 0.2) is 0 Å². The number of amides is 2. The molecule has 0 bridgehead atoms. The first-order chi connectivity index (χ1) is 9.97. The first-order valence-corrected chi connectivity index (χ1v) is 6.11. The average Bonchev–Trinajstić information content (AvgIpc) is 2.46. The van der Waals surface area contributed by atoms with Crippen LogP contribution < -0.4 is 11.1 Å². The lowest BCUT2D eigenvalue weighted by Crippen LogP contribution is -2.37. The molecule has 21 heavy (non-hydrogen) atoms. The fourth-order valence-corrected chi connectivity index (χ4v) is 1.69. The number of carbonyl (C=O) groups excluding carboxylic acids is 2. The Morgan fingerprint density at radius 3 is 2.38 bits per heavy atom. The normalized spacial score (nSPS) is 11.7. The molecule has 1 aromatic heterocycles. The van der Waals surface area contributed by atoms with Gasteiger partial charge in [-0.25, -0.2) is 9.37 Å². The van der Waals surface area contributed by atoms with E-state index in [1.165, 1.54) is 36.7 Å². The molecule has 2 aromatic rings. The van der Waals surface area contributed by atoms with Crippen molar-refractivity contribution in [2.24, 2.45) is 5.73 Å². The Morgan fingerprint density at radius 1 is 1.19 bits per heavy atom. The summed E-state index contributed by atoms with van der Waals surface area (Å²) in [5, 5.41) is 2.45. The lowest BCUT2D eigenvalue weighted by atomic mass is 10.1. The van der Waals surface area contributed by atoms with Gasteiger partial charge in [-0.05, 0) is 24.6 Å². The number of nitrogens with two attached hydrogens (primary N) is 1. The zero-order chi connectivity index (χ0) is 15.4. The van der Waals surface area contributed by atoms with Crippen LogP contribution in [0.1, 0.15) is 27.8 Å². The highest BCUT2D eigenvalue weighted by Crippen LogP contribution is 2.14. The molecular weight excluding hydrogens is 275 g/mol. The minimum Gasteiger partial charge on any atom is -0.368 e. The van der Waals surface area contributed by atoms with Crippen molar-refractivity contribution in [2.45, 2.75) is 13.0 Å². The number of aryl methyl sites for hydroxylation is 1. The maximum atomic E-state index is 12.9. The summed E-state index contributed by atoms with van der Waals surface area (Å²) >= 11 is 0. The van der Waals surface area contributed by atoms with Gasteiger partial charge >= 0.3 is 0 Å². The number of hydrogen-bond acceptors (Lipinski definition) is 4. The van der Waals surface area contributed by atoms with Crippen LogP contribution in [0.5, 0.6) is 0 Å². The highest BCUT2D eigenvalue weighted by molar-refractivity contribution is 5.95. The van der Waals surface area contributed by atoms with Crippen molar-refractivity contribution < 1.29 is 14.0 Å². The summed E-state index contributed by atoms with van der Waals surface area (Å²) in [4.78, 5) is 31.4. The number of halogens is 1. The van der Waals surface area contributed by atoms with E-state index < -0.39 is 23.7 Å². The van der Waals surface area contributed by atoms with Gasteiger partial charge in [0, 0.05) is 6.20 Å². The molecule has 2 rings (SSSR count). The number of nitrogens with one attached hydrogen (secondary N) is 1. The fraction of sp³-hybridized carbons (Fsp3) is 0.143. The van der Waals surface area contributed by atoms with Crippen LogP contribution in [0.2, 0.25) is 0 Å². The summed E-state index contributed by atoms with van der Waals surface area (Å²) in [5.74, 6) is -1.79. The second kappa shape index (κ2) is 6.08. The number of hydrogen-bond donors (Lipinski definition) is 2. The van der Waals surface area contributed by atoms with Gasteiger partial charge in [0.1, 0.15) is 17.6 Å². The first kappa shape index (κ1) is 14.6. The summed E-state index contributed by atoms with van der Waals surface area (Å²) in [7, 11) is 0. The van der Waals surface area contributed by atoms with Crippen LogP contribution >= 0.6 is 0 Å². The van der Waals surface area contributed by atoms with E-state index in [9.17, 15) is 14.0 Å². The third kappa shape index (κ3) is 3.59. The number of rotatable bonds is 4. The molecule has 0 radical (unpaired) electrons. The monoisotopic (exact) mass is 288 g/mol. The molecule has 6 nitrogen and oxygen atoms in total. The van der Waals surface area contributed by atoms with Crippen molar-refractivity contribution in [3.05, 3.63) is 59.4 Å². The Labute approximate surface area is 120 Å². The van der Waals surface area contributed by atoms with E-state index >= 15 is 0 Å². The largest absolute Gasteiger partial charge is 0.368 e. The molecule has 1 aromatic carbocycles. The minimum absolute atomic E-state index is 0.0639. The second-order valence-electron chi connectivity index (χ2n) is 4.40. The number of primary amides is 1. The molecule has 108 valence electrons. The number of aromatic nitrogens is 2. The van der Waals surface area contributed by atoms with E-state index in [-0.39, 0.29) is 5.69 Å². The molecule has 0 spiro atoms. The number of benzene rings is 1. The van der Waals surface area contributed by atoms with E-state index in [0.29, 0.717) is 11.3 Å². The van der Waals surface area contributed by atoms with Crippen LogP contribution in [0, 0.1) is 12.7 Å². The molecule has 1 unspecified atom stereocenters. The maximum Gasteiger partial charge on any atom is 0.272 e. The smallest absolute Gasteiger partial charge is 0.272 e. The van der Waals surface area contributed by atoms with Gasteiger partial charge in [-0.2, -0.15) is 0 Å². The molecular formula is C14H13FN4O2. The molecule has 7 heteroatoms. The van der Waals surface area contributed by atoms with Gasteiger partial charge in [-0.15, -0.1) is 0 Å². The predicted octanol–water partition coefficient (Wildman–Crippen LogP) is 0.881. The summed E-state index contributed by atoms with van der Waals surface area (Å²) in [6, 6.07) is 4.06. The Bertz CT molecular complexity index is 656. The molecule has 0 saturated heterocycles. The molecule has 0 aliphatic rings. The minimum atomic E-state index is -1.07. The number of nitrogens with zero attached hydrogens (tertiary/aromatic N) is 2. The summed E-state index contributed by atoms with van der Waals surface area (Å²) in [6.07, 6.45) is 2.74. The van der Waals surface area contributed by atoms with Crippen LogP contribution in [-0.2, 0) is 4.79 Å². The highest BCUT2D eigenvalue weighted by atomic mass is 19.1. The third-order valence-electron chi connectivity index (χ3n) is 2.78. The van der Waals surface area contributed by atoms with Crippen molar-refractivity contribution in [3.8, 4) is 0 Å². The van der Waals surface area contributed by atoms with Crippen molar-refractivity contribution >= 4 is 11.8 Å². The fourth-order valence-electron chi connectivity index (χ4n) is 1.69. The number of carbonyl (C=O) groups is 2. The van der Waals surface area contributed by atoms with Crippen LogP contribution in [0.4, 0.5) is 4.39 Å². The molecule has 0 saturated carbocycles. The molecule has 2 amide bonds.